The second-order valence-corrected chi connectivity index (χ2v) is 14.0. The SMILES string of the molecule is CC(C)C[C@H]1NC(=O)c2ccccc2OCc2cn(nn2)CCOc2cccc(c2)CNC(=O)[C@H](Cc2ccccc2)N(C)C(=O)[C@H]2CCCN2C1=O. The second-order valence-electron chi connectivity index (χ2n) is 14.0. The van der Waals surface area contributed by atoms with E-state index in [-0.39, 0.29) is 48.8 Å². The first-order valence-electron chi connectivity index (χ1n) is 18.2. The van der Waals surface area contributed by atoms with Gasteiger partial charge in [0.1, 0.15) is 48.5 Å². The number of nitrogens with one attached hydrogen (secondary N) is 2. The van der Waals surface area contributed by atoms with Crippen LogP contribution < -0.4 is 20.1 Å². The van der Waals surface area contributed by atoms with Crippen LogP contribution in [0.15, 0.2) is 85.1 Å². The summed E-state index contributed by atoms with van der Waals surface area (Å²) < 4.78 is 13.7. The minimum absolute atomic E-state index is 0.0684. The summed E-state index contributed by atoms with van der Waals surface area (Å²) in [6, 6.07) is 21.4. The van der Waals surface area contributed by atoms with E-state index in [1.165, 1.54) is 4.90 Å². The van der Waals surface area contributed by atoms with Crippen molar-refractivity contribution in [1.82, 2.24) is 35.4 Å². The minimum Gasteiger partial charge on any atom is -0.492 e. The molecule has 2 aliphatic rings. The molecule has 278 valence electrons. The Morgan fingerprint density at radius 2 is 1.70 bits per heavy atom. The van der Waals surface area contributed by atoms with Gasteiger partial charge in [0, 0.05) is 26.6 Å². The number of ether oxygens (including phenoxy) is 2. The van der Waals surface area contributed by atoms with Gasteiger partial charge in [-0.2, -0.15) is 0 Å². The maximum atomic E-state index is 14.3. The van der Waals surface area contributed by atoms with Gasteiger partial charge in [0.25, 0.3) is 5.91 Å². The van der Waals surface area contributed by atoms with Crippen molar-refractivity contribution in [1.29, 1.82) is 0 Å². The molecular formula is C40H47N7O6. The molecule has 2 N–H and O–H groups in total. The Morgan fingerprint density at radius 1 is 0.906 bits per heavy atom. The lowest BCUT2D eigenvalue weighted by molar-refractivity contribution is -0.147. The number of carbonyl (C=O) groups is 4. The fraction of sp³-hybridized carbons (Fsp3) is 0.400. The maximum absolute atomic E-state index is 14.3. The van der Waals surface area contributed by atoms with Crippen molar-refractivity contribution >= 4 is 23.6 Å². The predicted octanol–water partition coefficient (Wildman–Crippen LogP) is 3.77. The van der Waals surface area contributed by atoms with Crippen LogP contribution >= 0.6 is 0 Å². The van der Waals surface area contributed by atoms with E-state index < -0.39 is 24.0 Å². The Kier molecular flexibility index (Phi) is 12.0. The van der Waals surface area contributed by atoms with Gasteiger partial charge in [-0.1, -0.05) is 73.7 Å². The molecule has 1 saturated heterocycles. The van der Waals surface area contributed by atoms with Crippen molar-refractivity contribution < 1.29 is 28.7 Å². The molecule has 4 bridgehead atoms. The lowest BCUT2D eigenvalue weighted by Gasteiger charge is -2.34. The monoisotopic (exact) mass is 721 g/mol. The van der Waals surface area contributed by atoms with E-state index >= 15 is 0 Å². The summed E-state index contributed by atoms with van der Waals surface area (Å²) >= 11 is 0. The average Bonchev–Trinajstić information content (AvgIpc) is 3.84. The van der Waals surface area contributed by atoms with Crippen LogP contribution in [-0.4, -0.2) is 86.7 Å². The molecule has 6 rings (SSSR count). The molecule has 0 spiro atoms. The number of likely N-dealkylation sites (N-methyl/N-ethyl adjacent to an activating group) is 1. The fourth-order valence-electron chi connectivity index (χ4n) is 6.80. The average molecular weight is 722 g/mol. The molecule has 4 aromatic rings. The Bertz CT molecular complexity index is 1900. The molecular weight excluding hydrogens is 674 g/mol. The van der Waals surface area contributed by atoms with E-state index in [0.717, 1.165) is 11.1 Å². The number of nitrogens with zero attached hydrogens (tertiary/aromatic N) is 5. The van der Waals surface area contributed by atoms with Crippen molar-refractivity contribution in [3.63, 3.8) is 0 Å². The van der Waals surface area contributed by atoms with Crippen LogP contribution in [0.2, 0.25) is 0 Å². The molecule has 1 aromatic heterocycles. The van der Waals surface area contributed by atoms with Crippen molar-refractivity contribution in [2.24, 2.45) is 5.92 Å². The summed E-state index contributed by atoms with van der Waals surface area (Å²) in [7, 11) is 1.62. The van der Waals surface area contributed by atoms with Crippen LogP contribution in [0.25, 0.3) is 0 Å². The Labute approximate surface area is 309 Å². The van der Waals surface area contributed by atoms with Crippen LogP contribution in [0.4, 0.5) is 0 Å². The van der Waals surface area contributed by atoms with Crippen LogP contribution in [0, 0.1) is 5.92 Å². The number of amides is 4. The minimum atomic E-state index is -0.884. The van der Waals surface area contributed by atoms with Gasteiger partial charge in [-0.25, -0.2) is 4.68 Å². The van der Waals surface area contributed by atoms with E-state index in [9.17, 15) is 19.2 Å². The molecule has 4 amide bonds. The number of hydrogen-bond acceptors (Lipinski definition) is 8. The highest BCUT2D eigenvalue weighted by Crippen LogP contribution is 2.25. The topological polar surface area (TPSA) is 148 Å². The lowest BCUT2D eigenvalue weighted by Crippen LogP contribution is -2.57. The molecule has 3 aromatic carbocycles. The van der Waals surface area contributed by atoms with E-state index in [1.807, 2.05) is 68.4 Å². The van der Waals surface area contributed by atoms with Gasteiger partial charge in [0.2, 0.25) is 17.7 Å². The molecule has 3 atom stereocenters. The predicted molar refractivity (Wildman–Crippen MR) is 197 cm³/mol. The third-order valence-electron chi connectivity index (χ3n) is 9.57. The van der Waals surface area contributed by atoms with E-state index in [0.29, 0.717) is 56.2 Å². The zero-order valence-corrected chi connectivity index (χ0v) is 30.4. The van der Waals surface area contributed by atoms with Crippen LogP contribution in [-0.2, 0) is 40.5 Å². The molecule has 13 nitrogen and oxygen atoms in total. The zero-order chi connectivity index (χ0) is 37.3. The maximum Gasteiger partial charge on any atom is 0.255 e. The zero-order valence-electron chi connectivity index (χ0n) is 30.4. The Hall–Kier alpha value is -5.72. The summed E-state index contributed by atoms with van der Waals surface area (Å²) in [4.78, 5) is 59.4. The number of para-hydroxylation sites is 1. The third-order valence-corrected chi connectivity index (χ3v) is 9.57. The van der Waals surface area contributed by atoms with Crippen LogP contribution in [0.3, 0.4) is 0 Å². The summed E-state index contributed by atoms with van der Waals surface area (Å²) in [5.74, 6) is -0.392. The smallest absolute Gasteiger partial charge is 0.255 e. The highest BCUT2D eigenvalue weighted by atomic mass is 16.5. The van der Waals surface area contributed by atoms with Gasteiger partial charge >= 0.3 is 0 Å². The molecule has 0 radical (unpaired) electrons. The molecule has 0 aliphatic carbocycles. The molecule has 1 fully saturated rings. The van der Waals surface area contributed by atoms with Gasteiger partial charge in [-0.3, -0.25) is 19.2 Å². The number of aromatic nitrogens is 3. The van der Waals surface area contributed by atoms with Gasteiger partial charge in [-0.05, 0) is 60.6 Å². The first kappa shape index (κ1) is 37.1. The first-order valence-corrected chi connectivity index (χ1v) is 18.2. The number of benzene rings is 3. The van der Waals surface area contributed by atoms with Crippen molar-refractivity contribution in [2.45, 2.75) is 77.4 Å². The number of fused-ring (bicyclic) bond motifs is 6. The number of hydrogen-bond donors (Lipinski definition) is 2. The summed E-state index contributed by atoms with van der Waals surface area (Å²) in [5.41, 5.74) is 2.57. The Balaban J connectivity index is 1.31. The normalized spacial score (nSPS) is 20.6. The molecule has 0 unspecified atom stereocenters. The lowest BCUT2D eigenvalue weighted by atomic mass is 10.0. The summed E-state index contributed by atoms with van der Waals surface area (Å²) in [6.07, 6.45) is 3.48. The highest BCUT2D eigenvalue weighted by molar-refractivity contribution is 6.00. The highest BCUT2D eigenvalue weighted by Gasteiger charge is 2.41. The van der Waals surface area contributed by atoms with Crippen molar-refractivity contribution in [3.05, 3.63) is 107 Å². The van der Waals surface area contributed by atoms with E-state index in [2.05, 4.69) is 20.9 Å². The summed E-state index contributed by atoms with van der Waals surface area (Å²) in [6.45, 7) is 5.37. The standard InChI is InChI=1S/C40H47N7O6/c1-27(2)21-33-39(50)47-18-10-16-34(47)40(51)45(3)35(23-28-11-5-4-6-12-28)38(49)41-24-29-13-9-14-31(22-29)52-20-19-46-25-30(43-44-46)26-53-36-17-8-7-15-32(36)37(48)42-33/h4-9,11-15,17,22,25,27,33-35H,10,16,18-21,23-24,26H2,1-3H3,(H,41,49)(H,42,48)/t33-,34-,35+/m1/s1. The largest absolute Gasteiger partial charge is 0.492 e. The van der Waals surface area contributed by atoms with Gasteiger partial charge in [0.05, 0.1) is 18.3 Å². The van der Waals surface area contributed by atoms with Crippen LogP contribution in [0.5, 0.6) is 11.5 Å². The fourth-order valence-corrected chi connectivity index (χ4v) is 6.80. The quantitative estimate of drug-likeness (QED) is 0.324. The third kappa shape index (κ3) is 9.39. The number of rotatable bonds is 4. The molecule has 53 heavy (non-hydrogen) atoms. The molecule has 3 heterocycles. The van der Waals surface area contributed by atoms with E-state index in [1.54, 1.807) is 47.1 Å². The Morgan fingerprint density at radius 3 is 2.51 bits per heavy atom. The number of carbonyl (C=O) groups excluding carboxylic acids is 4. The van der Waals surface area contributed by atoms with Gasteiger partial charge < -0.3 is 29.9 Å². The van der Waals surface area contributed by atoms with Crippen LogP contribution in [0.1, 0.15) is 60.3 Å². The van der Waals surface area contributed by atoms with Crippen molar-refractivity contribution in [3.8, 4) is 11.5 Å². The molecule has 13 heteroatoms. The first-order chi connectivity index (χ1) is 25.7. The second kappa shape index (κ2) is 17.2. The van der Waals surface area contributed by atoms with Gasteiger partial charge in [0.15, 0.2) is 0 Å². The van der Waals surface area contributed by atoms with Crippen molar-refractivity contribution in [2.75, 3.05) is 20.2 Å². The molecule has 0 saturated carbocycles. The summed E-state index contributed by atoms with van der Waals surface area (Å²) in [5, 5.41) is 14.4. The molecule has 2 aliphatic heterocycles. The van der Waals surface area contributed by atoms with E-state index in [4.69, 9.17) is 9.47 Å². The van der Waals surface area contributed by atoms with Gasteiger partial charge in [-0.15, -0.1) is 5.10 Å².